The molecular weight excluding hydrogens is 272 g/mol. The van der Waals surface area contributed by atoms with Crippen LogP contribution in [0.25, 0.3) is 10.9 Å². The number of aromatic amines is 1. The van der Waals surface area contributed by atoms with Crippen molar-refractivity contribution in [1.82, 2.24) is 9.88 Å². The molecule has 3 heterocycles. The Labute approximate surface area is 131 Å². The molecule has 116 valence electrons. The highest BCUT2D eigenvalue weighted by molar-refractivity contribution is 5.85. The van der Waals surface area contributed by atoms with Gasteiger partial charge in [0, 0.05) is 28.6 Å². The minimum absolute atomic E-state index is 0.118. The summed E-state index contributed by atoms with van der Waals surface area (Å²) in [6, 6.07) is 8.98. The predicted molar refractivity (Wildman–Crippen MR) is 89.0 cm³/mol. The van der Waals surface area contributed by atoms with Gasteiger partial charge in [-0.15, -0.1) is 0 Å². The largest absolute Gasteiger partial charge is 0.357 e. The van der Waals surface area contributed by atoms with E-state index in [-0.39, 0.29) is 5.41 Å². The van der Waals surface area contributed by atoms with Crippen LogP contribution in [0.2, 0.25) is 0 Å². The van der Waals surface area contributed by atoms with Crippen LogP contribution in [-0.2, 0) is 11.2 Å². The van der Waals surface area contributed by atoms with Crippen LogP contribution in [0.15, 0.2) is 24.3 Å². The Morgan fingerprint density at radius 1 is 1.36 bits per heavy atom. The summed E-state index contributed by atoms with van der Waals surface area (Å²) in [5, 5.41) is 1.37. The maximum atomic E-state index is 12.3. The molecule has 0 bridgehead atoms. The number of rotatable bonds is 2. The van der Waals surface area contributed by atoms with E-state index in [4.69, 9.17) is 0 Å². The lowest BCUT2D eigenvalue weighted by molar-refractivity contribution is -0.131. The number of carbonyl (C=O) groups is 1. The summed E-state index contributed by atoms with van der Waals surface area (Å²) in [5.74, 6) is 0.373. The standard InChI is InChI=1S/C19H24N2O/c1-3-19(13(2)22)9-11-21-10-8-15-14-6-4-5-7-16(14)20-18(15)17(21)12-19/h4-7,17,20H,3,8-12H2,1-2H3/t17-,19?/m0/s1. The third-order valence-corrected chi connectivity index (χ3v) is 6.15. The smallest absolute Gasteiger partial charge is 0.136 e. The first-order valence-electron chi connectivity index (χ1n) is 8.49. The molecule has 2 aliphatic rings. The first-order valence-corrected chi connectivity index (χ1v) is 8.49. The van der Waals surface area contributed by atoms with Crippen LogP contribution in [0, 0.1) is 5.41 Å². The Kier molecular flexibility index (Phi) is 3.15. The summed E-state index contributed by atoms with van der Waals surface area (Å²) >= 11 is 0. The van der Waals surface area contributed by atoms with Gasteiger partial charge >= 0.3 is 0 Å². The SMILES string of the molecule is CCC1(C(C)=O)CCN2CCc3c([nH]c4ccccc34)[C@@H]2C1. The molecule has 1 unspecified atom stereocenters. The van der Waals surface area contributed by atoms with E-state index in [2.05, 4.69) is 41.1 Å². The van der Waals surface area contributed by atoms with E-state index in [1.54, 1.807) is 6.92 Å². The van der Waals surface area contributed by atoms with Crippen molar-refractivity contribution in [1.29, 1.82) is 0 Å². The zero-order valence-corrected chi connectivity index (χ0v) is 13.5. The topological polar surface area (TPSA) is 36.1 Å². The second-order valence-electron chi connectivity index (χ2n) is 7.01. The zero-order valence-electron chi connectivity index (χ0n) is 13.5. The van der Waals surface area contributed by atoms with Crippen molar-refractivity contribution in [2.75, 3.05) is 13.1 Å². The average Bonchev–Trinajstić information content (AvgIpc) is 2.93. The number of hydrogen-bond donors (Lipinski definition) is 1. The lowest BCUT2D eigenvalue weighted by atomic mass is 9.69. The zero-order chi connectivity index (χ0) is 15.3. The molecule has 1 fully saturated rings. The summed E-state index contributed by atoms with van der Waals surface area (Å²) in [6.45, 7) is 6.13. The molecule has 2 aromatic rings. The van der Waals surface area contributed by atoms with Crippen molar-refractivity contribution >= 4 is 16.7 Å². The van der Waals surface area contributed by atoms with Crippen LogP contribution in [0.4, 0.5) is 0 Å². The molecule has 22 heavy (non-hydrogen) atoms. The first kappa shape index (κ1) is 14.0. The summed E-state index contributed by atoms with van der Waals surface area (Å²) in [4.78, 5) is 18.5. The van der Waals surface area contributed by atoms with Crippen LogP contribution in [0.3, 0.4) is 0 Å². The fraction of sp³-hybridized carbons (Fsp3) is 0.526. The number of aromatic nitrogens is 1. The van der Waals surface area contributed by atoms with Crippen LogP contribution in [0.1, 0.15) is 50.4 Å². The number of fused-ring (bicyclic) bond motifs is 5. The summed E-state index contributed by atoms with van der Waals surface area (Å²) < 4.78 is 0. The minimum Gasteiger partial charge on any atom is -0.357 e. The summed E-state index contributed by atoms with van der Waals surface area (Å²) in [6.07, 6.45) is 4.07. The molecule has 0 spiro atoms. The van der Waals surface area contributed by atoms with Crippen molar-refractivity contribution in [3.05, 3.63) is 35.5 Å². The minimum atomic E-state index is -0.118. The molecule has 1 saturated heterocycles. The predicted octanol–water partition coefficient (Wildman–Crippen LogP) is 3.85. The molecular formula is C19H24N2O. The van der Waals surface area contributed by atoms with Crippen molar-refractivity contribution in [2.24, 2.45) is 5.41 Å². The van der Waals surface area contributed by atoms with Crippen molar-refractivity contribution < 1.29 is 4.79 Å². The highest BCUT2D eigenvalue weighted by Crippen LogP contribution is 2.47. The van der Waals surface area contributed by atoms with E-state index >= 15 is 0 Å². The Morgan fingerprint density at radius 2 is 2.18 bits per heavy atom. The summed E-state index contributed by atoms with van der Waals surface area (Å²) in [7, 11) is 0. The number of Topliss-reactive ketones (excluding diaryl/α,β-unsaturated/α-hetero) is 1. The lowest BCUT2D eigenvalue weighted by Gasteiger charge is -2.47. The number of nitrogens with one attached hydrogen (secondary N) is 1. The Balaban J connectivity index is 1.80. The number of piperidine rings is 1. The van der Waals surface area contributed by atoms with E-state index < -0.39 is 0 Å². The quantitative estimate of drug-likeness (QED) is 0.914. The Bertz CT molecular complexity index is 732. The van der Waals surface area contributed by atoms with Gasteiger partial charge in [0.2, 0.25) is 0 Å². The average molecular weight is 296 g/mol. The monoisotopic (exact) mass is 296 g/mol. The third-order valence-electron chi connectivity index (χ3n) is 6.15. The molecule has 3 heteroatoms. The second-order valence-corrected chi connectivity index (χ2v) is 7.01. The molecule has 0 amide bonds. The van der Waals surface area contributed by atoms with Gasteiger partial charge in [0.15, 0.2) is 0 Å². The molecule has 1 N–H and O–H groups in total. The van der Waals surface area contributed by atoms with E-state index in [1.807, 2.05) is 0 Å². The van der Waals surface area contributed by atoms with Gasteiger partial charge in [-0.3, -0.25) is 9.69 Å². The molecule has 4 rings (SSSR count). The van der Waals surface area contributed by atoms with Gasteiger partial charge in [-0.25, -0.2) is 0 Å². The van der Waals surface area contributed by atoms with Crippen LogP contribution in [0.5, 0.6) is 0 Å². The van der Waals surface area contributed by atoms with Crippen LogP contribution in [-0.4, -0.2) is 28.8 Å². The molecule has 1 aromatic heterocycles. The van der Waals surface area contributed by atoms with E-state index in [1.165, 1.54) is 22.2 Å². The molecule has 0 saturated carbocycles. The normalized spacial score (nSPS) is 28.4. The second kappa shape index (κ2) is 4.95. The van der Waals surface area contributed by atoms with Crippen LogP contribution < -0.4 is 0 Å². The molecule has 0 aliphatic carbocycles. The van der Waals surface area contributed by atoms with Gasteiger partial charge in [-0.05, 0) is 50.8 Å². The van der Waals surface area contributed by atoms with Gasteiger partial charge in [0.1, 0.15) is 5.78 Å². The van der Waals surface area contributed by atoms with Crippen LogP contribution >= 0.6 is 0 Å². The fourth-order valence-corrected chi connectivity index (χ4v) is 4.59. The van der Waals surface area contributed by atoms with Gasteiger partial charge in [-0.2, -0.15) is 0 Å². The van der Waals surface area contributed by atoms with Gasteiger partial charge in [-0.1, -0.05) is 25.1 Å². The van der Waals surface area contributed by atoms with Crippen molar-refractivity contribution in [2.45, 2.75) is 45.6 Å². The number of hydrogen-bond acceptors (Lipinski definition) is 2. The maximum absolute atomic E-state index is 12.3. The molecule has 0 radical (unpaired) electrons. The number of H-pyrrole nitrogens is 1. The molecule has 2 atom stereocenters. The molecule has 1 aromatic carbocycles. The lowest BCUT2D eigenvalue weighted by Crippen LogP contribution is -2.47. The van der Waals surface area contributed by atoms with E-state index in [0.717, 1.165) is 38.8 Å². The first-order chi connectivity index (χ1) is 10.6. The number of benzene rings is 1. The fourth-order valence-electron chi connectivity index (χ4n) is 4.59. The maximum Gasteiger partial charge on any atom is 0.136 e. The highest BCUT2D eigenvalue weighted by atomic mass is 16.1. The van der Waals surface area contributed by atoms with Crippen molar-refractivity contribution in [3.8, 4) is 0 Å². The van der Waals surface area contributed by atoms with E-state index in [0.29, 0.717) is 11.8 Å². The molecule has 3 nitrogen and oxygen atoms in total. The number of para-hydroxylation sites is 1. The number of nitrogens with zero attached hydrogens (tertiary/aromatic N) is 1. The Morgan fingerprint density at radius 3 is 2.95 bits per heavy atom. The van der Waals surface area contributed by atoms with Gasteiger partial charge in [0.05, 0.1) is 6.04 Å². The third kappa shape index (κ3) is 1.88. The van der Waals surface area contributed by atoms with Gasteiger partial charge in [0.25, 0.3) is 0 Å². The van der Waals surface area contributed by atoms with Gasteiger partial charge < -0.3 is 4.98 Å². The van der Waals surface area contributed by atoms with Crippen molar-refractivity contribution in [3.63, 3.8) is 0 Å². The molecule has 2 aliphatic heterocycles. The highest BCUT2D eigenvalue weighted by Gasteiger charge is 2.44. The van der Waals surface area contributed by atoms with E-state index in [9.17, 15) is 4.79 Å². The summed E-state index contributed by atoms with van der Waals surface area (Å²) in [5.41, 5.74) is 3.97. The Hall–Kier alpha value is -1.61. The number of carbonyl (C=O) groups excluding carboxylic acids is 1. The number of ketones is 1.